The molecule has 0 amide bonds. The van der Waals surface area contributed by atoms with E-state index in [0.717, 1.165) is 25.3 Å². The number of hydrogen-bond acceptors (Lipinski definition) is 4. The minimum absolute atomic E-state index is 0.278. The van der Waals surface area contributed by atoms with Crippen LogP contribution in [0.3, 0.4) is 0 Å². The highest BCUT2D eigenvalue weighted by molar-refractivity contribution is 5.13. The van der Waals surface area contributed by atoms with Crippen LogP contribution in [0.2, 0.25) is 0 Å². The zero-order chi connectivity index (χ0) is 12.8. The third-order valence-corrected chi connectivity index (χ3v) is 2.90. The molecule has 0 aliphatic rings. The lowest BCUT2D eigenvalue weighted by molar-refractivity contribution is 0.509. The molecule has 2 heterocycles. The van der Waals surface area contributed by atoms with Crippen LogP contribution in [0.25, 0.3) is 0 Å². The van der Waals surface area contributed by atoms with Crippen LogP contribution in [0.15, 0.2) is 30.9 Å². The summed E-state index contributed by atoms with van der Waals surface area (Å²) in [6, 6.07) is 4.32. The zero-order valence-corrected chi connectivity index (χ0v) is 10.9. The lowest BCUT2D eigenvalue weighted by Crippen LogP contribution is -2.21. The Labute approximate surface area is 107 Å². The maximum Gasteiger partial charge on any atom is 0.140 e. The quantitative estimate of drug-likeness (QED) is 0.845. The molecule has 2 rings (SSSR count). The van der Waals surface area contributed by atoms with Crippen LogP contribution in [-0.2, 0) is 13.1 Å². The molecule has 1 atom stereocenters. The van der Waals surface area contributed by atoms with Crippen LogP contribution in [0.5, 0.6) is 0 Å². The summed E-state index contributed by atoms with van der Waals surface area (Å²) in [6.07, 6.45) is 6.31. The molecule has 0 unspecified atom stereocenters. The van der Waals surface area contributed by atoms with Gasteiger partial charge in [-0.05, 0) is 31.0 Å². The van der Waals surface area contributed by atoms with Gasteiger partial charge < -0.3 is 5.32 Å². The number of nitrogens with one attached hydrogen (secondary N) is 1. The van der Waals surface area contributed by atoms with E-state index in [1.165, 1.54) is 5.56 Å². The first-order valence-corrected chi connectivity index (χ1v) is 6.31. The lowest BCUT2D eigenvalue weighted by atomic mass is 10.1. The molecule has 5 nitrogen and oxygen atoms in total. The van der Waals surface area contributed by atoms with Gasteiger partial charge in [-0.3, -0.25) is 4.98 Å². The van der Waals surface area contributed by atoms with Crippen LogP contribution in [0.1, 0.15) is 37.7 Å². The van der Waals surface area contributed by atoms with Gasteiger partial charge in [-0.1, -0.05) is 6.92 Å². The van der Waals surface area contributed by atoms with Gasteiger partial charge in [-0.2, -0.15) is 5.10 Å². The highest BCUT2D eigenvalue weighted by Gasteiger charge is 2.07. The minimum atomic E-state index is 0.278. The van der Waals surface area contributed by atoms with E-state index in [2.05, 4.69) is 34.2 Å². The first-order valence-electron chi connectivity index (χ1n) is 6.31. The molecule has 0 saturated carbocycles. The van der Waals surface area contributed by atoms with E-state index in [-0.39, 0.29) is 6.04 Å². The summed E-state index contributed by atoms with van der Waals surface area (Å²) in [5.74, 6) is 0.984. The minimum Gasteiger partial charge on any atom is -0.303 e. The normalized spacial score (nSPS) is 12.6. The van der Waals surface area contributed by atoms with Crippen molar-refractivity contribution in [2.75, 3.05) is 0 Å². The van der Waals surface area contributed by atoms with E-state index in [1.54, 1.807) is 6.33 Å². The third kappa shape index (κ3) is 3.13. The fraction of sp³-hybridized carbons (Fsp3) is 0.462. The summed E-state index contributed by atoms with van der Waals surface area (Å²) < 4.78 is 1.95. The van der Waals surface area contributed by atoms with E-state index in [1.807, 2.05) is 29.2 Å². The van der Waals surface area contributed by atoms with Gasteiger partial charge in [0.1, 0.15) is 12.2 Å². The van der Waals surface area contributed by atoms with Crippen molar-refractivity contribution >= 4 is 0 Å². The van der Waals surface area contributed by atoms with Crippen molar-refractivity contribution in [2.45, 2.75) is 39.4 Å². The molecule has 18 heavy (non-hydrogen) atoms. The predicted molar refractivity (Wildman–Crippen MR) is 69.8 cm³/mol. The van der Waals surface area contributed by atoms with Gasteiger partial charge in [0.05, 0.1) is 6.54 Å². The molecule has 2 aromatic heterocycles. The van der Waals surface area contributed by atoms with Crippen molar-refractivity contribution in [2.24, 2.45) is 0 Å². The predicted octanol–water partition coefficient (Wildman–Crippen LogP) is 1.93. The van der Waals surface area contributed by atoms with Crippen molar-refractivity contribution in [3.63, 3.8) is 0 Å². The van der Waals surface area contributed by atoms with Crippen molar-refractivity contribution in [3.8, 4) is 0 Å². The molecule has 0 aliphatic carbocycles. The smallest absolute Gasteiger partial charge is 0.140 e. The Balaban J connectivity index is 1.93. The molecule has 2 aromatic rings. The van der Waals surface area contributed by atoms with Crippen LogP contribution < -0.4 is 5.32 Å². The van der Waals surface area contributed by atoms with Crippen molar-refractivity contribution in [1.29, 1.82) is 0 Å². The first kappa shape index (κ1) is 12.7. The maximum absolute atomic E-state index is 4.28. The molecule has 96 valence electrons. The van der Waals surface area contributed by atoms with Crippen molar-refractivity contribution in [1.82, 2.24) is 25.1 Å². The second kappa shape index (κ2) is 6.26. The van der Waals surface area contributed by atoms with Crippen molar-refractivity contribution in [3.05, 3.63) is 42.2 Å². The van der Waals surface area contributed by atoms with E-state index < -0.39 is 0 Å². The molecule has 0 spiro atoms. The van der Waals surface area contributed by atoms with E-state index >= 15 is 0 Å². The Morgan fingerprint density at radius 1 is 1.33 bits per heavy atom. The average Bonchev–Trinajstić information content (AvgIpc) is 2.85. The summed E-state index contributed by atoms with van der Waals surface area (Å²) in [4.78, 5) is 8.30. The van der Waals surface area contributed by atoms with Gasteiger partial charge in [0.25, 0.3) is 0 Å². The molecular formula is C13H19N5. The van der Waals surface area contributed by atoms with Crippen LogP contribution in [-0.4, -0.2) is 19.7 Å². The maximum atomic E-state index is 4.28. The average molecular weight is 245 g/mol. The first-order chi connectivity index (χ1) is 8.81. The summed E-state index contributed by atoms with van der Waals surface area (Å²) in [5.41, 5.74) is 1.23. The molecule has 0 saturated heterocycles. The number of rotatable bonds is 6. The third-order valence-electron chi connectivity index (χ3n) is 2.90. The summed E-state index contributed by atoms with van der Waals surface area (Å²) >= 11 is 0. The topological polar surface area (TPSA) is 55.6 Å². The van der Waals surface area contributed by atoms with Gasteiger partial charge in [0.2, 0.25) is 0 Å². The van der Waals surface area contributed by atoms with Crippen LogP contribution >= 0.6 is 0 Å². The fourth-order valence-electron chi connectivity index (χ4n) is 1.84. The molecule has 0 aromatic carbocycles. The number of nitrogens with zero attached hydrogens (tertiary/aromatic N) is 4. The van der Waals surface area contributed by atoms with E-state index in [4.69, 9.17) is 0 Å². The Morgan fingerprint density at radius 2 is 2.11 bits per heavy atom. The zero-order valence-electron chi connectivity index (χ0n) is 10.9. The summed E-state index contributed by atoms with van der Waals surface area (Å²) in [7, 11) is 0. The van der Waals surface area contributed by atoms with Gasteiger partial charge in [0.15, 0.2) is 0 Å². The Kier molecular flexibility index (Phi) is 4.41. The highest BCUT2D eigenvalue weighted by atomic mass is 15.3. The summed E-state index contributed by atoms with van der Waals surface area (Å²) in [6.45, 7) is 5.92. The summed E-state index contributed by atoms with van der Waals surface area (Å²) in [5, 5.41) is 7.66. The number of hydrogen-bond donors (Lipinski definition) is 1. The SMILES string of the molecule is CCCn1ncnc1CN[C@H](C)c1ccncc1. The van der Waals surface area contributed by atoms with E-state index in [0.29, 0.717) is 0 Å². The second-order valence-corrected chi connectivity index (χ2v) is 4.28. The Hall–Kier alpha value is -1.75. The van der Waals surface area contributed by atoms with Gasteiger partial charge in [-0.15, -0.1) is 0 Å². The highest BCUT2D eigenvalue weighted by Crippen LogP contribution is 2.10. The lowest BCUT2D eigenvalue weighted by Gasteiger charge is -2.13. The molecular weight excluding hydrogens is 226 g/mol. The molecule has 0 aliphatic heterocycles. The van der Waals surface area contributed by atoms with Crippen LogP contribution in [0, 0.1) is 0 Å². The standard InChI is InChI=1S/C13H19N5/c1-3-8-18-13(16-10-17-18)9-15-11(2)12-4-6-14-7-5-12/h4-7,10-11,15H,3,8-9H2,1-2H3/t11-/m1/s1. The number of pyridine rings is 1. The monoisotopic (exact) mass is 245 g/mol. The van der Waals surface area contributed by atoms with Gasteiger partial charge in [0, 0.05) is 25.0 Å². The Morgan fingerprint density at radius 3 is 2.83 bits per heavy atom. The largest absolute Gasteiger partial charge is 0.303 e. The molecule has 1 N–H and O–H groups in total. The fourth-order valence-corrected chi connectivity index (χ4v) is 1.84. The molecule has 0 bridgehead atoms. The molecule has 0 fully saturated rings. The number of aryl methyl sites for hydroxylation is 1. The van der Waals surface area contributed by atoms with Crippen molar-refractivity contribution < 1.29 is 0 Å². The van der Waals surface area contributed by atoms with Gasteiger partial charge >= 0.3 is 0 Å². The van der Waals surface area contributed by atoms with Gasteiger partial charge in [-0.25, -0.2) is 9.67 Å². The Bertz CT molecular complexity index is 465. The van der Waals surface area contributed by atoms with Crippen LogP contribution in [0.4, 0.5) is 0 Å². The van der Waals surface area contributed by atoms with E-state index in [9.17, 15) is 0 Å². The second-order valence-electron chi connectivity index (χ2n) is 4.28. The molecule has 0 radical (unpaired) electrons. The molecule has 5 heteroatoms. The number of aromatic nitrogens is 4.